The van der Waals surface area contributed by atoms with E-state index in [1.54, 1.807) is 0 Å². The van der Waals surface area contributed by atoms with Crippen LogP contribution in [0.1, 0.15) is 51.0 Å². The molecule has 0 heterocycles. The third-order valence-electron chi connectivity index (χ3n) is 4.57. The molecule has 1 atom stereocenters. The SMILES string of the molecule is Cc1c(Br)cccc1OC1CCC(CCC(C)C=O)CC1. The second kappa shape index (κ2) is 7.98. The van der Waals surface area contributed by atoms with Crippen LogP contribution in [0.5, 0.6) is 5.75 Å². The molecule has 0 aromatic heterocycles. The first-order valence-electron chi connectivity index (χ1n) is 7.97. The van der Waals surface area contributed by atoms with Gasteiger partial charge < -0.3 is 9.53 Å². The number of halogens is 1. The van der Waals surface area contributed by atoms with Crippen molar-refractivity contribution < 1.29 is 9.53 Å². The van der Waals surface area contributed by atoms with E-state index in [2.05, 4.69) is 28.9 Å². The Labute approximate surface area is 136 Å². The molecule has 0 saturated heterocycles. The van der Waals surface area contributed by atoms with Gasteiger partial charge in [0, 0.05) is 16.0 Å². The molecule has 1 aromatic rings. The van der Waals surface area contributed by atoms with Crippen molar-refractivity contribution in [3.05, 3.63) is 28.2 Å². The highest BCUT2D eigenvalue weighted by molar-refractivity contribution is 9.10. The lowest BCUT2D eigenvalue weighted by Gasteiger charge is -2.29. The third kappa shape index (κ3) is 4.84. The van der Waals surface area contributed by atoms with E-state index >= 15 is 0 Å². The zero-order chi connectivity index (χ0) is 15.2. The van der Waals surface area contributed by atoms with Crippen LogP contribution in [0.25, 0.3) is 0 Å². The molecule has 0 aliphatic heterocycles. The summed E-state index contributed by atoms with van der Waals surface area (Å²) in [5.41, 5.74) is 1.18. The fourth-order valence-corrected chi connectivity index (χ4v) is 3.35. The maximum Gasteiger partial charge on any atom is 0.123 e. The van der Waals surface area contributed by atoms with Crippen molar-refractivity contribution >= 4 is 22.2 Å². The Balaban J connectivity index is 1.79. The highest BCUT2D eigenvalue weighted by Gasteiger charge is 2.23. The smallest absolute Gasteiger partial charge is 0.123 e. The lowest BCUT2D eigenvalue weighted by atomic mass is 9.83. The number of hydrogen-bond acceptors (Lipinski definition) is 2. The van der Waals surface area contributed by atoms with Gasteiger partial charge in [0.25, 0.3) is 0 Å². The number of carbonyl (C=O) groups is 1. The van der Waals surface area contributed by atoms with E-state index in [-0.39, 0.29) is 5.92 Å². The molecule has 0 spiro atoms. The highest BCUT2D eigenvalue weighted by Crippen LogP contribution is 2.33. The molecular weight excluding hydrogens is 328 g/mol. The van der Waals surface area contributed by atoms with Crippen LogP contribution in [0, 0.1) is 18.8 Å². The predicted octanol–water partition coefficient (Wildman–Crippen LogP) is 5.31. The molecule has 1 aliphatic carbocycles. The molecule has 0 bridgehead atoms. The second-order valence-electron chi connectivity index (χ2n) is 6.31. The van der Waals surface area contributed by atoms with Crippen molar-refractivity contribution in [1.82, 2.24) is 0 Å². The van der Waals surface area contributed by atoms with Crippen molar-refractivity contribution in [3.63, 3.8) is 0 Å². The van der Waals surface area contributed by atoms with Crippen molar-refractivity contribution in [2.45, 2.75) is 58.5 Å². The molecule has 0 amide bonds. The quantitative estimate of drug-likeness (QED) is 0.648. The molecule has 1 aromatic carbocycles. The summed E-state index contributed by atoms with van der Waals surface area (Å²) < 4.78 is 7.28. The number of hydrogen-bond donors (Lipinski definition) is 0. The van der Waals surface area contributed by atoms with Gasteiger partial charge in [0.15, 0.2) is 0 Å². The van der Waals surface area contributed by atoms with Gasteiger partial charge in [-0.1, -0.05) is 28.9 Å². The summed E-state index contributed by atoms with van der Waals surface area (Å²) in [4.78, 5) is 10.7. The fraction of sp³-hybridized carbons (Fsp3) is 0.611. The van der Waals surface area contributed by atoms with E-state index in [0.717, 1.165) is 41.7 Å². The standard InChI is InChI=1S/C18H25BrO2/c1-13(12-20)6-7-15-8-10-16(11-9-15)21-18-5-3-4-17(19)14(18)2/h3-5,12-13,15-16H,6-11H2,1-2H3. The van der Waals surface area contributed by atoms with Crippen LogP contribution < -0.4 is 4.74 Å². The molecule has 1 saturated carbocycles. The Hall–Kier alpha value is -0.830. The molecule has 116 valence electrons. The van der Waals surface area contributed by atoms with Gasteiger partial charge in [0.2, 0.25) is 0 Å². The molecule has 1 fully saturated rings. The van der Waals surface area contributed by atoms with Gasteiger partial charge in [0.05, 0.1) is 6.10 Å². The fourth-order valence-electron chi connectivity index (χ4n) is 3.00. The molecule has 0 N–H and O–H groups in total. The van der Waals surface area contributed by atoms with Crippen LogP contribution in [0.3, 0.4) is 0 Å². The lowest BCUT2D eigenvalue weighted by Crippen LogP contribution is -2.24. The Morgan fingerprint density at radius 1 is 1.33 bits per heavy atom. The van der Waals surface area contributed by atoms with Crippen molar-refractivity contribution in [1.29, 1.82) is 0 Å². The summed E-state index contributed by atoms with van der Waals surface area (Å²) in [5.74, 6) is 1.99. The first-order chi connectivity index (χ1) is 10.1. The molecule has 21 heavy (non-hydrogen) atoms. The van der Waals surface area contributed by atoms with Crippen LogP contribution in [0.4, 0.5) is 0 Å². The van der Waals surface area contributed by atoms with E-state index in [1.807, 2.05) is 19.1 Å². The van der Waals surface area contributed by atoms with Crippen LogP contribution in [-0.4, -0.2) is 12.4 Å². The third-order valence-corrected chi connectivity index (χ3v) is 5.43. The second-order valence-corrected chi connectivity index (χ2v) is 7.17. The summed E-state index contributed by atoms with van der Waals surface area (Å²) in [7, 11) is 0. The molecule has 0 radical (unpaired) electrons. The van der Waals surface area contributed by atoms with Gasteiger partial charge in [-0.3, -0.25) is 0 Å². The Morgan fingerprint density at radius 3 is 2.71 bits per heavy atom. The zero-order valence-corrected chi connectivity index (χ0v) is 14.6. The topological polar surface area (TPSA) is 26.3 Å². The van der Waals surface area contributed by atoms with Gasteiger partial charge in [-0.25, -0.2) is 0 Å². The van der Waals surface area contributed by atoms with Crippen molar-refractivity contribution in [2.24, 2.45) is 11.8 Å². The minimum Gasteiger partial charge on any atom is -0.490 e. The average molecular weight is 353 g/mol. The van der Waals surface area contributed by atoms with Gasteiger partial charge in [-0.15, -0.1) is 0 Å². The number of rotatable bonds is 6. The van der Waals surface area contributed by atoms with Gasteiger partial charge in [-0.2, -0.15) is 0 Å². The van der Waals surface area contributed by atoms with Gasteiger partial charge >= 0.3 is 0 Å². The summed E-state index contributed by atoms with van der Waals surface area (Å²) in [6.07, 6.45) is 8.35. The van der Waals surface area contributed by atoms with Crippen LogP contribution in [-0.2, 0) is 4.79 Å². The summed E-state index contributed by atoms with van der Waals surface area (Å²) in [5, 5.41) is 0. The minimum absolute atomic E-state index is 0.211. The molecule has 2 nitrogen and oxygen atoms in total. The molecule has 3 heteroatoms. The van der Waals surface area contributed by atoms with E-state index in [1.165, 1.54) is 24.8 Å². The van der Waals surface area contributed by atoms with Crippen LogP contribution >= 0.6 is 15.9 Å². The van der Waals surface area contributed by atoms with Crippen molar-refractivity contribution in [3.8, 4) is 5.75 Å². The number of benzene rings is 1. The maximum absolute atomic E-state index is 10.7. The first kappa shape index (κ1) is 16.5. The zero-order valence-electron chi connectivity index (χ0n) is 13.0. The molecule has 2 rings (SSSR count). The van der Waals surface area contributed by atoms with E-state index < -0.39 is 0 Å². The Bertz CT molecular complexity index is 464. The molecule has 1 aliphatic rings. The average Bonchev–Trinajstić information content (AvgIpc) is 2.51. The van der Waals surface area contributed by atoms with Crippen LogP contribution in [0.15, 0.2) is 22.7 Å². The van der Waals surface area contributed by atoms with Gasteiger partial charge in [0.1, 0.15) is 12.0 Å². The molecule has 1 unspecified atom stereocenters. The first-order valence-corrected chi connectivity index (χ1v) is 8.76. The summed E-state index contributed by atoms with van der Waals surface area (Å²) in [6.45, 7) is 4.10. The van der Waals surface area contributed by atoms with Crippen LogP contribution in [0.2, 0.25) is 0 Å². The summed E-state index contributed by atoms with van der Waals surface area (Å²) in [6, 6.07) is 6.13. The van der Waals surface area contributed by atoms with E-state index in [9.17, 15) is 4.79 Å². The van der Waals surface area contributed by atoms with Gasteiger partial charge in [-0.05, 0) is 63.5 Å². The molecular formula is C18H25BrO2. The lowest BCUT2D eigenvalue weighted by molar-refractivity contribution is -0.110. The monoisotopic (exact) mass is 352 g/mol. The Kier molecular flexibility index (Phi) is 6.28. The largest absolute Gasteiger partial charge is 0.490 e. The van der Waals surface area contributed by atoms with E-state index in [4.69, 9.17) is 4.74 Å². The Morgan fingerprint density at radius 2 is 2.05 bits per heavy atom. The van der Waals surface area contributed by atoms with Crippen molar-refractivity contribution in [2.75, 3.05) is 0 Å². The van der Waals surface area contributed by atoms with E-state index in [0.29, 0.717) is 6.10 Å². The normalized spacial score (nSPS) is 23.6. The predicted molar refractivity (Wildman–Crippen MR) is 89.7 cm³/mol. The highest BCUT2D eigenvalue weighted by atomic mass is 79.9. The number of ether oxygens (including phenoxy) is 1. The maximum atomic E-state index is 10.7. The number of aldehydes is 1. The number of carbonyl (C=O) groups excluding carboxylic acids is 1. The minimum atomic E-state index is 0.211. The summed E-state index contributed by atoms with van der Waals surface area (Å²) >= 11 is 3.55.